The van der Waals surface area contributed by atoms with E-state index in [4.69, 9.17) is 9.47 Å². The molecule has 0 aromatic carbocycles. The molecule has 1 spiro atoms. The third-order valence-corrected chi connectivity index (χ3v) is 4.35. The van der Waals surface area contributed by atoms with Gasteiger partial charge in [0.05, 0.1) is 13.2 Å². The van der Waals surface area contributed by atoms with Gasteiger partial charge in [0.15, 0.2) is 5.79 Å². The number of hydrogen-bond donors (Lipinski definition) is 1. The minimum absolute atomic E-state index is 0.342. The second-order valence-electron chi connectivity index (χ2n) is 6.52. The first-order valence-electron chi connectivity index (χ1n) is 8.33. The van der Waals surface area contributed by atoms with Gasteiger partial charge < -0.3 is 24.6 Å². The summed E-state index contributed by atoms with van der Waals surface area (Å²) in [6.07, 6.45) is 1.78. The Morgan fingerprint density at radius 1 is 1.22 bits per heavy atom. The lowest BCUT2D eigenvalue weighted by Gasteiger charge is -2.38. The normalized spacial score (nSPS) is 20.4. The van der Waals surface area contributed by atoms with Crippen molar-refractivity contribution >= 4 is 11.8 Å². The molecule has 0 bridgehead atoms. The molecule has 23 heavy (non-hydrogen) atoms. The van der Waals surface area contributed by atoms with Crippen molar-refractivity contribution in [2.24, 2.45) is 0 Å². The second-order valence-corrected chi connectivity index (χ2v) is 6.52. The van der Waals surface area contributed by atoms with E-state index in [2.05, 4.69) is 39.2 Å². The van der Waals surface area contributed by atoms with Gasteiger partial charge in [-0.2, -0.15) is 4.98 Å². The molecule has 0 amide bonds. The van der Waals surface area contributed by atoms with E-state index in [-0.39, 0.29) is 5.79 Å². The van der Waals surface area contributed by atoms with Crippen LogP contribution >= 0.6 is 0 Å². The van der Waals surface area contributed by atoms with Crippen LogP contribution in [0.25, 0.3) is 0 Å². The Balaban J connectivity index is 1.62. The molecule has 0 unspecified atom stereocenters. The first-order chi connectivity index (χ1) is 11.1. The van der Waals surface area contributed by atoms with E-state index in [0.29, 0.717) is 19.2 Å². The van der Waals surface area contributed by atoms with Crippen molar-refractivity contribution in [3.63, 3.8) is 0 Å². The maximum atomic E-state index is 5.79. The van der Waals surface area contributed by atoms with Crippen molar-refractivity contribution in [3.8, 4) is 0 Å². The fraction of sp³-hybridized carbons (Fsp3) is 0.750. The standard InChI is InChI=1S/C16H27N5O2/c1-13-12-14(19-15(18-13)17-6-9-20(2)3)21-7-4-16(5-8-21)22-10-11-23-16/h12H,4-11H2,1-3H3,(H,17,18,19). The number of anilines is 2. The van der Waals surface area contributed by atoms with Crippen molar-refractivity contribution in [1.29, 1.82) is 0 Å². The molecule has 128 valence electrons. The second kappa shape index (κ2) is 6.98. The molecule has 2 fully saturated rings. The van der Waals surface area contributed by atoms with Crippen LogP contribution in [0.1, 0.15) is 18.5 Å². The van der Waals surface area contributed by atoms with E-state index in [0.717, 1.165) is 50.5 Å². The fourth-order valence-electron chi connectivity index (χ4n) is 3.05. The van der Waals surface area contributed by atoms with E-state index in [9.17, 15) is 0 Å². The molecule has 2 aliphatic heterocycles. The van der Waals surface area contributed by atoms with Gasteiger partial charge in [-0.15, -0.1) is 0 Å². The van der Waals surface area contributed by atoms with Crippen molar-refractivity contribution in [3.05, 3.63) is 11.8 Å². The Morgan fingerprint density at radius 2 is 1.91 bits per heavy atom. The van der Waals surface area contributed by atoms with Crippen LogP contribution in [0.4, 0.5) is 11.8 Å². The van der Waals surface area contributed by atoms with E-state index < -0.39 is 0 Å². The van der Waals surface area contributed by atoms with Gasteiger partial charge in [0, 0.05) is 50.8 Å². The summed E-state index contributed by atoms with van der Waals surface area (Å²) in [5.74, 6) is 1.35. The number of rotatable bonds is 5. The van der Waals surface area contributed by atoms with Crippen molar-refractivity contribution in [2.45, 2.75) is 25.6 Å². The fourth-order valence-corrected chi connectivity index (χ4v) is 3.05. The minimum Gasteiger partial charge on any atom is -0.356 e. The van der Waals surface area contributed by atoms with Gasteiger partial charge in [0.2, 0.25) is 5.95 Å². The first kappa shape index (κ1) is 16.4. The molecular weight excluding hydrogens is 294 g/mol. The van der Waals surface area contributed by atoms with Gasteiger partial charge in [-0.05, 0) is 21.0 Å². The number of aryl methyl sites for hydroxylation is 1. The van der Waals surface area contributed by atoms with Crippen LogP contribution in [0.2, 0.25) is 0 Å². The molecular formula is C16H27N5O2. The summed E-state index contributed by atoms with van der Waals surface area (Å²) in [6, 6.07) is 2.05. The van der Waals surface area contributed by atoms with Gasteiger partial charge in [0.25, 0.3) is 0 Å². The predicted octanol–water partition coefficient (Wildman–Crippen LogP) is 1.10. The Morgan fingerprint density at radius 3 is 2.57 bits per heavy atom. The van der Waals surface area contributed by atoms with E-state index >= 15 is 0 Å². The molecule has 2 aliphatic rings. The largest absolute Gasteiger partial charge is 0.356 e. The molecule has 7 nitrogen and oxygen atoms in total. The SMILES string of the molecule is Cc1cc(N2CCC3(CC2)OCCO3)nc(NCCN(C)C)n1. The van der Waals surface area contributed by atoms with Gasteiger partial charge in [-0.1, -0.05) is 0 Å². The lowest BCUT2D eigenvalue weighted by molar-refractivity contribution is -0.169. The van der Waals surface area contributed by atoms with E-state index in [1.54, 1.807) is 0 Å². The van der Waals surface area contributed by atoms with Crippen LogP contribution in [0.3, 0.4) is 0 Å². The average molecular weight is 321 g/mol. The molecule has 0 radical (unpaired) electrons. The quantitative estimate of drug-likeness (QED) is 0.871. The van der Waals surface area contributed by atoms with Crippen molar-refractivity contribution < 1.29 is 9.47 Å². The van der Waals surface area contributed by atoms with Crippen molar-refractivity contribution in [2.75, 3.05) is 63.7 Å². The summed E-state index contributed by atoms with van der Waals surface area (Å²) in [6.45, 7) is 7.02. The molecule has 1 N–H and O–H groups in total. The summed E-state index contributed by atoms with van der Waals surface area (Å²) >= 11 is 0. The minimum atomic E-state index is -0.342. The summed E-state index contributed by atoms with van der Waals surface area (Å²) in [7, 11) is 4.11. The van der Waals surface area contributed by atoms with Crippen LogP contribution in [0.5, 0.6) is 0 Å². The summed E-state index contributed by atoms with van der Waals surface area (Å²) < 4.78 is 11.6. The topological polar surface area (TPSA) is 62.8 Å². The number of piperidine rings is 1. The number of likely N-dealkylation sites (N-methyl/N-ethyl adjacent to an activating group) is 1. The van der Waals surface area contributed by atoms with Crippen LogP contribution in [-0.4, -0.2) is 74.1 Å². The molecule has 3 heterocycles. The maximum absolute atomic E-state index is 5.79. The average Bonchev–Trinajstić information content (AvgIpc) is 2.95. The van der Waals surface area contributed by atoms with Crippen LogP contribution < -0.4 is 10.2 Å². The Labute approximate surface area is 138 Å². The van der Waals surface area contributed by atoms with E-state index in [1.807, 2.05) is 13.0 Å². The molecule has 1 aromatic rings. The van der Waals surface area contributed by atoms with Crippen LogP contribution in [-0.2, 0) is 9.47 Å². The highest BCUT2D eigenvalue weighted by Crippen LogP contribution is 2.32. The highest BCUT2D eigenvalue weighted by Gasteiger charge is 2.40. The number of hydrogen-bond acceptors (Lipinski definition) is 7. The summed E-state index contributed by atoms with van der Waals surface area (Å²) in [5, 5.41) is 3.30. The van der Waals surface area contributed by atoms with Crippen molar-refractivity contribution in [1.82, 2.24) is 14.9 Å². The molecule has 2 saturated heterocycles. The zero-order valence-corrected chi connectivity index (χ0v) is 14.3. The number of nitrogens with one attached hydrogen (secondary N) is 1. The molecule has 3 rings (SSSR count). The van der Waals surface area contributed by atoms with Crippen LogP contribution in [0, 0.1) is 6.92 Å². The molecule has 7 heteroatoms. The zero-order valence-electron chi connectivity index (χ0n) is 14.3. The Bertz CT molecular complexity index is 521. The third-order valence-electron chi connectivity index (χ3n) is 4.35. The monoisotopic (exact) mass is 321 g/mol. The lowest BCUT2D eigenvalue weighted by atomic mass is 10.0. The van der Waals surface area contributed by atoms with Crippen LogP contribution in [0.15, 0.2) is 6.07 Å². The highest BCUT2D eigenvalue weighted by atomic mass is 16.7. The van der Waals surface area contributed by atoms with Gasteiger partial charge in [-0.25, -0.2) is 4.98 Å². The smallest absolute Gasteiger partial charge is 0.224 e. The maximum Gasteiger partial charge on any atom is 0.224 e. The van der Waals surface area contributed by atoms with Gasteiger partial charge >= 0.3 is 0 Å². The summed E-state index contributed by atoms with van der Waals surface area (Å²) in [5.41, 5.74) is 0.982. The number of aromatic nitrogens is 2. The van der Waals surface area contributed by atoms with E-state index in [1.165, 1.54) is 0 Å². The molecule has 0 aliphatic carbocycles. The molecule has 0 saturated carbocycles. The summed E-state index contributed by atoms with van der Waals surface area (Å²) in [4.78, 5) is 13.6. The molecule has 1 aromatic heterocycles. The van der Waals surface area contributed by atoms with Gasteiger partial charge in [-0.3, -0.25) is 0 Å². The Kier molecular flexibility index (Phi) is 4.99. The number of nitrogens with zero attached hydrogens (tertiary/aromatic N) is 4. The third kappa shape index (κ3) is 4.10. The highest BCUT2D eigenvalue weighted by molar-refractivity contribution is 5.45. The Hall–Kier alpha value is -1.44. The predicted molar refractivity (Wildman–Crippen MR) is 89.9 cm³/mol. The molecule has 0 atom stereocenters. The lowest BCUT2D eigenvalue weighted by Crippen LogP contribution is -2.45. The zero-order chi connectivity index (χ0) is 16.3. The number of ether oxygens (including phenoxy) is 2. The first-order valence-corrected chi connectivity index (χ1v) is 8.33. The van der Waals surface area contributed by atoms with Gasteiger partial charge in [0.1, 0.15) is 5.82 Å².